The Kier molecular flexibility index (Phi) is 6.12. The maximum Gasteiger partial charge on any atom is 0.350 e. The van der Waals surface area contributed by atoms with Crippen molar-refractivity contribution in [1.82, 2.24) is 4.90 Å². The molecule has 23 heavy (non-hydrogen) atoms. The summed E-state index contributed by atoms with van der Waals surface area (Å²) in [7, 11) is 2.89. The van der Waals surface area contributed by atoms with Gasteiger partial charge in [0.2, 0.25) is 0 Å². The van der Waals surface area contributed by atoms with Crippen LogP contribution in [-0.4, -0.2) is 56.6 Å². The number of hydrogen-bond donors (Lipinski definition) is 1. The average molecular weight is 340 g/mol. The highest BCUT2D eigenvalue weighted by molar-refractivity contribution is 7.12. The second kappa shape index (κ2) is 8.07. The Hall–Kier alpha value is -1.93. The van der Waals surface area contributed by atoms with Gasteiger partial charge in [-0.15, -0.1) is 11.3 Å². The molecule has 126 valence electrons. The molecule has 0 bridgehead atoms. The standard InChI is InChI=1S/C15H20N2O5S/c1-21-9-10-4-3-6-17(8-10)14(19)13(18)16-11-5-7-23-12(11)15(20)22-2/h5,7,10H,3-4,6,8-9H2,1-2H3,(H,16,18)/t10-/m0/s1. The summed E-state index contributed by atoms with van der Waals surface area (Å²) in [5.41, 5.74) is 0.297. The molecule has 2 amide bonds. The summed E-state index contributed by atoms with van der Waals surface area (Å²) >= 11 is 1.15. The third kappa shape index (κ3) is 4.29. The summed E-state index contributed by atoms with van der Waals surface area (Å²) in [6.45, 7) is 1.63. The van der Waals surface area contributed by atoms with Crippen LogP contribution < -0.4 is 5.32 Å². The predicted octanol–water partition coefficient (Wildman–Crippen LogP) is 1.36. The number of thiophene rings is 1. The molecule has 1 saturated heterocycles. The highest BCUT2D eigenvalue weighted by Gasteiger charge is 2.28. The van der Waals surface area contributed by atoms with Gasteiger partial charge in [0.1, 0.15) is 4.88 Å². The lowest BCUT2D eigenvalue weighted by Crippen LogP contribution is -2.46. The lowest BCUT2D eigenvalue weighted by molar-refractivity contribution is -0.144. The van der Waals surface area contributed by atoms with Gasteiger partial charge in [0.15, 0.2) is 0 Å². The Bertz CT molecular complexity index is 584. The van der Waals surface area contributed by atoms with Crippen LogP contribution in [0.3, 0.4) is 0 Å². The molecular weight excluding hydrogens is 320 g/mol. The van der Waals surface area contributed by atoms with Crippen LogP contribution in [0.15, 0.2) is 11.4 Å². The quantitative estimate of drug-likeness (QED) is 0.661. The van der Waals surface area contributed by atoms with Crippen LogP contribution >= 0.6 is 11.3 Å². The summed E-state index contributed by atoms with van der Waals surface area (Å²) in [6, 6.07) is 1.58. The largest absolute Gasteiger partial charge is 0.465 e. The van der Waals surface area contributed by atoms with E-state index in [-0.39, 0.29) is 10.8 Å². The molecule has 2 heterocycles. The third-order valence-electron chi connectivity index (χ3n) is 3.69. The number of ether oxygens (including phenoxy) is 2. The lowest BCUT2D eigenvalue weighted by atomic mass is 9.99. The molecule has 8 heteroatoms. The molecule has 1 aromatic rings. The fourth-order valence-corrected chi connectivity index (χ4v) is 3.36. The zero-order valence-electron chi connectivity index (χ0n) is 13.2. The smallest absolute Gasteiger partial charge is 0.350 e. The minimum Gasteiger partial charge on any atom is -0.465 e. The summed E-state index contributed by atoms with van der Waals surface area (Å²) in [5.74, 6) is -1.63. The van der Waals surface area contributed by atoms with Crippen molar-refractivity contribution in [3.63, 3.8) is 0 Å². The Morgan fingerprint density at radius 1 is 1.39 bits per heavy atom. The summed E-state index contributed by atoms with van der Waals surface area (Å²) in [4.78, 5) is 37.8. The fraction of sp³-hybridized carbons (Fsp3) is 0.533. The molecule has 0 aliphatic carbocycles. The van der Waals surface area contributed by atoms with Crippen LogP contribution in [0.4, 0.5) is 5.69 Å². The highest BCUT2D eigenvalue weighted by Crippen LogP contribution is 2.23. The Morgan fingerprint density at radius 3 is 2.87 bits per heavy atom. The van der Waals surface area contributed by atoms with Crippen molar-refractivity contribution in [2.24, 2.45) is 5.92 Å². The Labute approximate surface area is 138 Å². The number of nitrogens with one attached hydrogen (secondary N) is 1. The predicted molar refractivity (Wildman–Crippen MR) is 85.5 cm³/mol. The topological polar surface area (TPSA) is 84.9 Å². The van der Waals surface area contributed by atoms with E-state index >= 15 is 0 Å². The van der Waals surface area contributed by atoms with Crippen molar-refractivity contribution in [2.45, 2.75) is 12.8 Å². The lowest BCUT2D eigenvalue weighted by Gasteiger charge is -2.31. The van der Waals surface area contributed by atoms with E-state index in [2.05, 4.69) is 10.1 Å². The van der Waals surface area contributed by atoms with Gasteiger partial charge in [0.05, 0.1) is 19.4 Å². The first-order valence-electron chi connectivity index (χ1n) is 7.31. The van der Waals surface area contributed by atoms with Gasteiger partial charge in [-0.1, -0.05) is 0 Å². The van der Waals surface area contributed by atoms with E-state index in [0.717, 1.165) is 24.2 Å². The second-order valence-electron chi connectivity index (χ2n) is 5.32. The molecule has 1 aliphatic rings. The van der Waals surface area contributed by atoms with Gasteiger partial charge >= 0.3 is 17.8 Å². The molecule has 2 rings (SSSR count). The number of nitrogens with zero attached hydrogens (tertiary/aromatic N) is 1. The first kappa shape index (κ1) is 17.4. The van der Waals surface area contributed by atoms with Crippen LogP contribution in [0.25, 0.3) is 0 Å². The third-order valence-corrected chi connectivity index (χ3v) is 4.58. The van der Waals surface area contributed by atoms with Gasteiger partial charge in [0, 0.05) is 20.2 Å². The molecule has 1 aliphatic heterocycles. The number of carbonyl (C=O) groups excluding carboxylic acids is 3. The molecule has 1 N–H and O–H groups in total. The number of methoxy groups -OCH3 is 2. The van der Waals surface area contributed by atoms with E-state index in [1.165, 1.54) is 12.0 Å². The minimum atomic E-state index is -0.744. The molecule has 7 nitrogen and oxygen atoms in total. The van der Waals surface area contributed by atoms with Crippen LogP contribution in [0.1, 0.15) is 22.5 Å². The van der Waals surface area contributed by atoms with Crippen molar-refractivity contribution in [1.29, 1.82) is 0 Å². The SMILES string of the molecule is COC[C@H]1CCCN(C(=O)C(=O)Nc2ccsc2C(=O)OC)C1. The maximum absolute atomic E-state index is 12.3. The first-order valence-corrected chi connectivity index (χ1v) is 8.19. The first-order chi connectivity index (χ1) is 11.1. The number of rotatable bonds is 4. The Balaban J connectivity index is 1.99. The van der Waals surface area contributed by atoms with Crippen LogP contribution in [0.5, 0.6) is 0 Å². The molecule has 0 radical (unpaired) electrons. The highest BCUT2D eigenvalue weighted by atomic mass is 32.1. The molecular formula is C15H20N2O5S. The van der Waals surface area contributed by atoms with E-state index in [1.54, 1.807) is 18.6 Å². The molecule has 0 unspecified atom stereocenters. The van der Waals surface area contributed by atoms with E-state index in [9.17, 15) is 14.4 Å². The zero-order chi connectivity index (χ0) is 16.8. The van der Waals surface area contributed by atoms with Gasteiger partial charge in [-0.05, 0) is 30.2 Å². The molecule has 0 spiro atoms. The number of piperidine rings is 1. The zero-order valence-corrected chi connectivity index (χ0v) is 14.0. The van der Waals surface area contributed by atoms with Gasteiger partial charge < -0.3 is 19.7 Å². The van der Waals surface area contributed by atoms with E-state index in [0.29, 0.717) is 25.4 Å². The van der Waals surface area contributed by atoms with Gasteiger partial charge in [-0.2, -0.15) is 0 Å². The Morgan fingerprint density at radius 2 is 2.17 bits per heavy atom. The van der Waals surface area contributed by atoms with Crippen LogP contribution in [0.2, 0.25) is 0 Å². The summed E-state index contributed by atoms with van der Waals surface area (Å²) < 4.78 is 9.77. The van der Waals surface area contributed by atoms with Crippen molar-refractivity contribution >= 4 is 34.8 Å². The number of anilines is 1. The van der Waals surface area contributed by atoms with E-state index in [1.807, 2.05) is 0 Å². The number of esters is 1. The molecule has 1 atom stereocenters. The average Bonchev–Trinajstić information content (AvgIpc) is 3.02. The summed E-state index contributed by atoms with van der Waals surface area (Å²) in [5, 5.41) is 4.15. The van der Waals surface area contributed by atoms with Crippen molar-refractivity contribution in [3.05, 3.63) is 16.3 Å². The number of likely N-dealkylation sites (tertiary alicyclic amines) is 1. The molecule has 0 aromatic carbocycles. The van der Waals surface area contributed by atoms with Crippen molar-refractivity contribution in [2.75, 3.05) is 39.2 Å². The molecule has 1 fully saturated rings. The minimum absolute atomic E-state index is 0.247. The van der Waals surface area contributed by atoms with Crippen LogP contribution in [-0.2, 0) is 19.1 Å². The molecule has 0 saturated carbocycles. The normalized spacial score (nSPS) is 17.7. The van der Waals surface area contributed by atoms with E-state index < -0.39 is 17.8 Å². The van der Waals surface area contributed by atoms with E-state index in [4.69, 9.17) is 4.74 Å². The number of carbonyl (C=O) groups is 3. The van der Waals surface area contributed by atoms with Gasteiger partial charge in [-0.3, -0.25) is 9.59 Å². The van der Waals surface area contributed by atoms with Gasteiger partial charge in [0.25, 0.3) is 0 Å². The maximum atomic E-state index is 12.3. The second-order valence-corrected chi connectivity index (χ2v) is 6.24. The number of hydrogen-bond acceptors (Lipinski definition) is 6. The van der Waals surface area contributed by atoms with Gasteiger partial charge in [-0.25, -0.2) is 4.79 Å². The van der Waals surface area contributed by atoms with Crippen molar-refractivity contribution in [3.8, 4) is 0 Å². The summed E-state index contributed by atoms with van der Waals surface area (Å²) in [6.07, 6.45) is 1.83. The number of amides is 2. The van der Waals surface area contributed by atoms with Crippen molar-refractivity contribution < 1.29 is 23.9 Å². The monoisotopic (exact) mass is 340 g/mol. The van der Waals surface area contributed by atoms with Crippen LogP contribution in [0, 0.1) is 5.92 Å². The molecule has 1 aromatic heterocycles. The fourth-order valence-electron chi connectivity index (χ4n) is 2.60.